The highest BCUT2D eigenvalue weighted by atomic mass is 16.2. The van der Waals surface area contributed by atoms with Gasteiger partial charge in [-0.3, -0.25) is 0 Å². The molecular formula is C13H24N2O. The molecule has 2 aliphatic rings. The van der Waals surface area contributed by atoms with Gasteiger partial charge in [0.15, 0.2) is 0 Å². The Morgan fingerprint density at radius 1 is 1.12 bits per heavy atom. The molecule has 0 aromatic heterocycles. The highest BCUT2D eigenvalue weighted by Crippen LogP contribution is 2.25. The van der Waals surface area contributed by atoms with Crippen LogP contribution in [0.4, 0.5) is 4.79 Å². The molecule has 3 nitrogen and oxygen atoms in total. The molecule has 1 aliphatic carbocycles. The first-order valence-corrected chi connectivity index (χ1v) is 6.72. The Bertz CT molecular complexity index is 246. The zero-order valence-electron chi connectivity index (χ0n) is 10.5. The predicted octanol–water partition coefficient (Wildman–Crippen LogP) is 2.62. The molecule has 1 heterocycles. The van der Waals surface area contributed by atoms with Gasteiger partial charge in [-0.05, 0) is 37.5 Å². The number of urea groups is 1. The first kappa shape index (κ1) is 11.7. The molecule has 1 saturated heterocycles. The van der Waals surface area contributed by atoms with Gasteiger partial charge >= 0.3 is 6.03 Å². The van der Waals surface area contributed by atoms with E-state index in [-0.39, 0.29) is 6.03 Å². The van der Waals surface area contributed by atoms with E-state index in [0.29, 0.717) is 12.0 Å². The van der Waals surface area contributed by atoms with Gasteiger partial charge in [0.25, 0.3) is 0 Å². The molecule has 0 radical (unpaired) electrons. The summed E-state index contributed by atoms with van der Waals surface area (Å²) >= 11 is 0. The van der Waals surface area contributed by atoms with E-state index in [9.17, 15) is 4.79 Å². The molecule has 16 heavy (non-hydrogen) atoms. The van der Waals surface area contributed by atoms with Crippen LogP contribution in [0.5, 0.6) is 0 Å². The van der Waals surface area contributed by atoms with E-state index in [1.165, 1.54) is 12.8 Å². The Labute approximate surface area is 98.6 Å². The van der Waals surface area contributed by atoms with E-state index >= 15 is 0 Å². The van der Waals surface area contributed by atoms with Crippen LogP contribution in [0.25, 0.3) is 0 Å². The van der Waals surface area contributed by atoms with E-state index in [4.69, 9.17) is 0 Å². The van der Waals surface area contributed by atoms with Crippen molar-refractivity contribution in [3.05, 3.63) is 0 Å². The highest BCUT2D eigenvalue weighted by molar-refractivity contribution is 5.74. The van der Waals surface area contributed by atoms with Gasteiger partial charge in [-0.2, -0.15) is 0 Å². The molecule has 2 fully saturated rings. The molecule has 2 rings (SSSR count). The van der Waals surface area contributed by atoms with Crippen molar-refractivity contribution < 1.29 is 4.79 Å². The lowest BCUT2D eigenvalue weighted by Crippen LogP contribution is -2.48. The van der Waals surface area contributed by atoms with E-state index in [2.05, 4.69) is 19.2 Å². The summed E-state index contributed by atoms with van der Waals surface area (Å²) in [5.41, 5.74) is 0. The van der Waals surface area contributed by atoms with Crippen molar-refractivity contribution in [3.8, 4) is 0 Å². The predicted molar refractivity (Wildman–Crippen MR) is 65.3 cm³/mol. The number of amides is 2. The largest absolute Gasteiger partial charge is 0.335 e. The minimum atomic E-state index is 0.172. The molecule has 2 amide bonds. The van der Waals surface area contributed by atoms with E-state index in [1.807, 2.05) is 4.90 Å². The van der Waals surface area contributed by atoms with Gasteiger partial charge in [0.05, 0.1) is 0 Å². The minimum Gasteiger partial charge on any atom is -0.335 e. The number of carbonyl (C=O) groups excluding carboxylic acids is 1. The Kier molecular flexibility index (Phi) is 3.72. The van der Waals surface area contributed by atoms with Crippen LogP contribution >= 0.6 is 0 Å². The number of rotatable bonds is 1. The fourth-order valence-electron chi connectivity index (χ4n) is 2.82. The lowest BCUT2D eigenvalue weighted by Gasteiger charge is -2.32. The fourth-order valence-corrected chi connectivity index (χ4v) is 2.82. The third kappa shape index (κ3) is 2.69. The van der Waals surface area contributed by atoms with Gasteiger partial charge in [-0.15, -0.1) is 0 Å². The van der Waals surface area contributed by atoms with Gasteiger partial charge in [0.2, 0.25) is 0 Å². The van der Waals surface area contributed by atoms with Crippen molar-refractivity contribution in [3.63, 3.8) is 0 Å². The molecule has 1 saturated carbocycles. The molecular weight excluding hydrogens is 200 g/mol. The summed E-state index contributed by atoms with van der Waals surface area (Å²) in [5, 5.41) is 3.20. The number of piperidine rings is 1. The third-order valence-electron chi connectivity index (χ3n) is 4.24. The maximum Gasteiger partial charge on any atom is 0.317 e. The van der Waals surface area contributed by atoms with E-state index < -0.39 is 0 Å². The summed E-state index contributed by atoms with van der Waals surface area (Å²) in [6, 6.07) is 0.595. The van der Waals surface area contributed by atoms with Crippen LogP contribution in [-0.4, -0.2) is 30.1 Å². The lowest BCUT2D eigenvalue weighted by atomic mass is 9.99. The zero-order valence-corrected chi connectivity index (χ0v) is 10.5. The summed E-state index contributed by atoms with van der Waals surface area (Å²) in [7, 11) is 0. The third-order valence-corrected chi connectivity index (χ3v) is 4.24. The quantitative estimate of drug-likeness (QED) is 0.729. The topological polar surface area (TPSA) is 32.3 Å². The summed E-state index contributed by atoms with van der Waals surface area (Å²) in [6.45, 7) is 6.40. The molecule has 0 aromatic rings. The number of likely N-dealkylation sites (tertiary alicyclic amines) is 1. The van der Waals surface area contributed by atoms with Gasteiger partial charge in [0.1, 0.15) is 0 Å². The van der Waals surface area contributed by atoms with Crippen LogP contribution in [0.1, 0.15) is 46.0 Å². The number of nitrogens with zero attached hydrogens (tertiary/aromatic N) is 1. The maximum atomic E-state index is 12.0. The van der Waals surface area contributed by atoms with Crippen LogP contribution < -0.4 is 5.32 Å². The lowest BCUT2D eigenvalue weighted by molar-refractivity contribution is 0.168. The summed E-state index contributed by atoms with van der Waals surface area (Å²) in [4.78, 5) is 14.0. The average molecular weight is 224 g/mol. The molecule has 0 bridgehead atoms. The Morgan fingerprint density at radius 3 is 2.38 bits per heavy atom. The van der Waals surface area contributed by atoms with Crippen LogP contribution in [-0.2, 0) is 0 Å². The Morgan fingerprint density at radius 2 is 1.81 bits per heavy atom. The molecule has 0 aromatic carbocycles. The van der Waals surface area contributed by atoms with E-state index in [0.717, 1.165) is 38.3 Å². The van der Waals surface area contributed by atoms with Crippen molar-refractivity contribution in [2.45, 2.75) is 52.0 Å². The minimum absolute atomic E-state index is 0.172. The molecule has 2 atom stereocenters. The van der Waals surface area contributed by atoms with Crippen LogP contribution in [0.15, 0.2) is 0 Å². The van der Waals surface area contributed by atoms with Crippen molar-refractivity contribution in [2.24, 2.45) is 11.8 Å². The normalized spacial score (nSPS) is 31.8. The Hall–Kier alpha value is -0.730. The van der Waals surface area contributed by atoms with Crippen LogP contribution in [0.2, 0.25) is 0 Å². The van der Waals surface area contributed by atoms with Crippen LogP contribution in [0.3, 0.4) is 0 Å². The number of hydrogen-bond donors (Lipinski definition) is 1. The van der Waals surface area contributed by atoms with Crippen molar-refractivity contribution in [2.75, 3.05) is 13.1 Å². The van der Waals surface area contributed by atoms with Gasteiger partial charge in [0, 0.05) is 19.1 Å². The zero-order chi connectivity index (χ0) is 11.5. The molecule has 3 heteroatoms. The second-order valence-electron chi connectivity index (χ2n) is 5.63. The Balaban J connectivity index is 1.79. The number of nitrogens with one attached hydrogen (secondary N) is 1. The van der Waals surface area contributed by atoms with Gasteiger partial charge in [-0.25, -0.2) is 4.79 Å². The van der Waals surface area contributed by atoms with Gasteiger partial charge in [-0.1, -0.05) is 20.3 Å². The first-order valence-electron chi connectivity index (χ1n) is 6.72. The second kappa shape index (κ2) is 5.07. The summed E-state index contributed by atoms with van der Waals surface area (Å²) < 4.78 is 0. The van der Waals surface area contributed by atoms with Crippen LogP contribution in [0, 0.1) is 11.8 Å². The molecule has 2 unspecified atom stereocenters. The summed E-state index contributed by atoms with van der Waals surface area (Å²) in [6.07, 6.45) is 6.02. The van der Waals surface area contributed by atoms with Crippen molar-refractivity contribution >= 4 is 6.03 Å². The smallest absolute Gasteiger partial charge is 0.317 e. The summed E-state index contributed by atoms with van der Waals surface area (Å²) in [5.74, 6) is 1.45. The highest BCUT2D eigenvalue weighted by Gasteiger charge is 2.27. The SMILES string of the molecule is CC1CCN(C(=O)NC2CCCC2C)CC1. The first-order chi connectivity index (χ1) is 7.66. The maximum absolute atomic E-state index is 12.0. The van der Waals surface area contributed by atoms with Gasteiger partial charge < -0.3 is 10.2 Å². The average Bonchev–Trinajstić information content (AvgIpc) is 2.65. The molecule has 1 N–H and O–H groups in total. The molecule has 92 valence electrons. The van der Waals surface area contributed by atoms with E-state index in [1.54, 1.807) is 0 Å². The molecule has 0 spiro atoms. The van der Waals surface area contributed by atoms with Crippen molar-refractivity contribution in [1.29, 1.82) is 0 Å². The number of carbonyl (C=O) groups is 1. The second-order valence-corrected chi connectivity index (χ2v) is 5.63. The van der Waals surface area contributed by atoms with Crippen molar-refractivity contribution in [1.82, 2.24) is 10.2 Å². The fraction of sp³-hybridized carbons (Fsp3) is 0.923. The molecule has 1 aliphatic heterocycles. The standard InChI is InChI=1S/C13H24N2O/c1-10-6-8-15(9-7-10)13(16)14-12-5-3-4-11(12)2/h10-12H,3-9H2,1-2H3,(H,14,16). The monoisotopic (exact) mass is 224 g/mol. The number of hydrogen-bond acceptors (Lipinski definition) is 1.